The van der Waals surface area contributed by atoms with E-state index >= 15 is 0 Å². The molecule has 2 aromatic rings. The van der Waals surface area contributed by atoms with Crippen LogP contribution in [-0.2, 0) is 11.2 Å². The van der Waals surface area contributed by atoms with Crippen LogP contribution in [0.1, 0.15) is 19.7 Å². The molecule has 2 aromatic heterocycles. The third-order valence-corrected chi connectivity index (χ3v) is 2.90. The minimum atomic E-state index is -0.00324. The third kappa shape index (κ3) is 2.36. The maximum atomic E-state index is 11.5. The average molecular weight is 236 g/mol. The zero-order valence-electron chi connectivity index (χ0n) is 9.14. The van der Waals surface area contributed by atoms with Crippen LogP contribution in [0.2, 0.25) is 0 Å². The first-order chi connectivity index (χ1) is 7.66. The molecule has 2 heterocycles. The molecule has 5 heteroatoms. The van der Waals surface area contributed by atoms with Gasteiger partial charge >= 0.3 is 0 Å². The number of aromatic nitrogens is 2. The Morgan fingerprint density at radius 2 is 2.38 bits per heavy atom. The summed E-state index contributed by atoms with van der Waals surface area (Å²) in [6.07, 6.45) is 0.217. The van der Waals surface area contributed by atoms with Crippen LogP contribution in [0.3, 0.4) is 0 Å². The molecule has 0 aliphatic heterocycles. The van der Waals surface area contributed by atoms with Crippen molar-refractivity contribution in [3.05, 3.63) is 22.7 Å². The molecule has 84 valence electrons. The molecule has 4 nitrogen and oxygen atoms in total. The van der Waals surface area contributed by atoms with Gasteiger partial charge in [0.25, 0.3) is 0 Å². The second-order valence-corrected chi connectivity index (χ2v) is 4.60. The van der Waals surface area contributed by atoms with Gasteiger partial charge in [-0.25, -0.2) is 0 Å². The highest BCUT2D eigenvalue weighted by atomic mass is 32.1. The normalized spacial score (nSPS) is 10.9. The maximum absolute atomic E-state index is 11.5. The Morgan fingerprint density at radius 3 is 3.00 bits per heavy atom. The second-order valence-electron chi connectivity index (χ2n) is 3.82. The highest BCUT2D eigenvalue weighted by molar-refractivity contribution is 7.08. The largest absolute Gasteiger partial charge is 0.338 e. The van der Waals surface area contributed by atoms with E-state index in [1.165, 1.54) is 0 Å². The fraction of sp³-hybridized carbons (Fsp3) is 0.364. The molecule has 0 spiro atoms. The van der Waals surface area contributed by atoms with Gasteiger partial charge in [-0.05, 0) is 11.4 Å². The number of ketones is 1. The number of nitrogens with zero attached hydrogens (tertiary/aromatic N) is 2. The number of hydrogen-bond acceptors (Lipinski definition) is 5. The lowest BCUT2D eigenvalue weighted by Crippen LogP contribution is -2.10. The molecule has 0 aliphatic carbocycles. The summed E-state index contributed by atoms with van der Waals surface area (Å²) in [6.45, 7) is 3.72. The van der Waals surface area contributed by atoms with Crippen LogP contribution in [0, 0.1) is 5.92 Å². The van der Waals surface area contributed by atoms with Crippen molar-refractivity contribution in [3.63, 3.8) is 0 Å². The van der Waals surface area contributed by atoms with Crippen molar-refractivity contribution in [1.82, 2.24) is 10.1 Å². The van der Waals surface area contributed by atoms with Gasteiger partial charge in [-0.3, -0.25) is 4.79 Å². The Bertz CT molecular complexity index is 474. The molecule has 0 aliphatic rings. The predicted octanol–water partition coefficient (Wildman–Crippen LogP) is 2.57. The fourth-order valence-corrected chi connectivity index (χ4v) is 1.82. The highest BCUT2D eigenvalue weighted by Gasteiger charge is 2.14. The van der Waals surface area contributed by atoms with Gasteiger partial charge in [0, 0.05) is 16.9 Å². The molecule has 0 atom stereocenters. The molecular formula is C11H12N2O2S. The summed E-state index contributed by atoms with van der Waals surface area (Å²) in [7, 11) is 0. The molecule has 0 unspecified atom stereocenters. The summed E-state index contributed by atoms with van der Waals surface area (Å²) in [5.41, 5.74) is 0.928. The van der Waals surface area contributed by atoms with Gasteiger partial charge in [0.2, 0.25) is 11.7 Å². The van der Waals surface area contributed by atoms with Crippen LogP contribution in [0.25, 0.3) is 11.4 Å². The van der Waals surface area contributed by atoms with Gasteiger partial charge in [0.05, 0.1) is 6.42 Å². The number of thiophene rings is 1. The van der Waals surface area contributed by atoms with Gasteiger partial charge in [0.15, 0.2) is 0 Å². The molecular weight excluding hydrogens is 224 g/mol. The average Bonchev–Trinajstić information content (AvgIpc) is 2.85. The zero-order chi connectivity index (χ0) is 11.5. The summed E-state index contributed by atoms with van der Waals surface area (Å²) >= 11 is 1.57. The Hall–Kier alpha value is -1.49. The quantitative estimate of drug-likeness (QED) is 0.818. The lowest BCUT2D eigenvalue weighted by atomic mass is 10.1. The Balaban J connectivity index is 2.11. The summed E-state index contributed by atoms with van der Waals surface area (Å²) in [5.74, 6) is 1.05. The summed E-state index contributed by atoms with van der Waals surface area (Å²) in [5, 5.41) is 7.73. The van der Waals surface area contributed by atoms with Gasteiger partial charge in [0.1, 0.15) is 5.78 Å². The third-order valence-electron chi connectivity index (χ3n) is 2.22. The van der Waals surface area contributed by atoms with E-state index in [1.807, 2.05) is 30.7 Å². The molecule has 0 aromatic carbocycles. The van der Waals surface area contributed by atoms with E-state index in [2.05, 4.69) is 10.1 Å². The van der Waals surface area contributed by atoms with Crippen LogP contribution in [-0.4, -0.2) is 15.9 Å². The Kier molecular flexibility index (Phi) is 3.14. The second kappa shape index (κ2) is 4.57. The summed E-state index contributed by atoms with van der Waals surface area (Å²) in [6, 6.07) is 1.92. The lowest BCUT2D eigenvalue weighted by molar-refractivity contribution is -0.121. The van der Waals surface area contributed by atoms with E-state index in [9.17, 15) is 4.79 Å². The first-order valence-corrected chi connectivity index (χ1v) is 5.99. The Morgan fingerprint density at radius 1 is 1.56 bits per heavy atom. The lowest BCUT2D eigenvalue weighted by Gasteiger charge is -1.98. The Labute approximate surface area is 97.3 Å². The van der Waals surface area contributed by atoms with Crippen LogP contribution in [0.4, 0.5) is 0 Å². The SMILES string of the molecule is CC(C)C(=O)Cc1nc(-c2ccsc2)no1. The highest BCUT2D eigenvalue weighted by Crippen LogP contribution is 2.19. The van der Waals surface area contributed by atoms with E-state index in [4.69, 9.17) is 4.52 Å². The minimum Gasteiger partial charge on any atom is -0.338 e. The smallest absolute Gasteiger partial charge is 0.234 e. The van der Waals surface area contributed by atoms with Crippen molar-refractivity contribution in [2.24, 2.45) is 5.92 Å². The summed E-state index contributed by atoms with van der Waals surface area (Å²) < 4.78 is 5.03. The van der Waals surface area contributed by atoms with Crippen molar-refractivity contribution < 1.29 is 9.32 Å². The van der Waals surface area contributed by atoms with Crippen molar-refractivity contribution in [1.29, 1.82) is 0 Å². The first kappa shape index (κ1) is 11.0. The topological polar surface area (TPSA) is 56.0 Å². The molecule has 0 saturated heterocycles. The molecule has 0 N–H and O–H groups in total. The molecule has 2 rings (SSSR count). The van der Waals surface area contributed by atoms with Crippen LogP contribution >= 0.6 is 11.3 Å². The molecule has 0 fully saturated rings. The molecule has 0 bridgehead atoms. The summed E-state index contributed by atoms with van der Waals surface area (Å²) in [4.78, 5) is 15.7. The van der Waals surface area contributed by atoms with Crippen molar-refractivity contribution in [3.8, 4) is 11.4 Å². The molecule has 0 amide bonds. The first-order valence-electron chi connectivity index (χ1n) is 5.04. The van der Waals surface area contributed by atoms with Crippen LogP contribution in [0.15, 0.2) is 21.3 Å². The number of carbonyl (C=O) groups excluding carboxylic acids is 1. The van der Waals surface area contributed by atoms with E-state index in [1.54, 1.807) is 11.3 Å². The van der Waals surface area contributed by atoms with Crippen LogP contribution in [0.5, 0.6) is 0 Å². The fourth-order valence-electron chi connectivity index (χ4n) is 1.19. The molecule has 0 radical (unpaired) electrons. The number of Topliss-reactive ketones (excluding diaryl/α,β-unsaturated/α-hetero) is 1. The van der Waals surface area contributed by atoms with E-state index in [-0.39, 0.29) is 18.1 Å². The van der Waals surface area contributed by atoms with Crippen molar-refractivity contribution >= 4 is 17.1 Å². The van der Waals surface area contributed by atoms with Gasteiger partial charge in [-0.2, -0.15) is 16.3 Å². The maximum Gasteiger partial charge on any atom is 0.234 e. The van der Waals surface area contributed by atoms with Crippen molar-refractivity contribution in [2.45, 2.75) is 20.3 Å². The number of carbonyl (C=O) groups is 1. The van der Waals surface area contributed by atoms with Crippen molar-refractivity contribution in [2.75, 3.05) is 0 Å². The van der Waals surface area contributed by atoms with Gasteiger partial charge in [-0.1, -0.05) is 19.0 Å². The number of hydrogen-bond donors (Lipinski definition) is 0. The number of rotatable bonds is 4. The molecule has 16 heavy (non-hydrogen) atoms. The van der Waals surface area contributed by atoms with Gasteiger partial charge in [-0.15, -0.1) is 0 Å². The molecule has 0 saturated carbocycles. The van der Waals surface area contributed by atoms with E-state index in [0.717, 1.165) is 5.56 Å². The zero-order valence-corrected chi connectivity index (χ0v) is 9.95. The minimum absolute atomic E-state index is 0.00324. The van der Waals surface area contributed by atoms with Gasteiger partial charge < -0.3 is 4.52 Å². The van der Waals surface area contributed by atoms with E-state index < -0.39 is 0 Å². The standard InChI is InChI=1S/C11H12N2O2S/c1-7(2)9(14)5-10-12-11(13-15-10)8-3-4-16-6-8/h3-4,6-7H,5H2,1-2H3. The van der Waals surface area contributed by atoms with Crippen LogP contribution < -0.4 is 0 Å². The monoisotopic (exact) mass is 236 g/mol. The predicted molar refractivity (Wildman–Crippen MR) is 61.2 cm³/mol. The van der Waals surface area contributed by atoms with E-state index in [0.29, 0.717) is 11.7 Å².